The van der Waals surface area contributed by atoms with Crippen LogP contribution in [0.1, 0.15) is 25.1 Å². The summed E-state index contributed by atoms with van der Waals surface area (Å²) in [5.41, 5.74) is 6.19. The lowest BCUT2D eigenvalue weighted by molar-refractivity contribution is 0.229. The number of benzene rings is 1. The summed E-state index contributed by atoms with van der Waals surface area (Å²) in [6.07, 6.45) is 2.80. The summed E-state index contributed by atoms with van der Waals surface area (Å²) >= 11 is 3.23. The van der Waals surface area contributed by atoms with Gasteiger partial charge in [0, 0.05) is 10.0 Å². The van der Waals surface area contributed by atoms with E-state index in [2.05, 4.69) is 26.1 Å². The lowest BCUT2D eigenvalue weighted by atomic mass is 9.77. The maximum Gasteiger partial charge on any atom is 0.258 e. The van der Waals surface area contributed by atoms with Crippen molar-refractivity contribution in [2.24, 2.45) is 5.73 Å². The van der Waals surface area contributed by atoms with Crippen molar-refractivity contribution in [3.8, 4) is 11.5 Å². The topological polar surface area (TPSA) is 64.9 Å². The summed E-state index contributed by atoms with van der Waals surface area (Å²) in [4.78, 5) is 4.27. The Hall–Kier alpha value is -1.27. The summed E-state index contributed by atoms with van der Waals surface area (Å²) in [5.74, 6) is 0.441. The summed E-state index contributed by atoms with van der Waals surface area (Å²) < 4.78 is 19.1. The number of nitrogens with zero attached hydrogens (tertiary/aromatic N) is 2. The molecule has 0 spiro atoms. The molecule has 3 rings (SSSR count). The van der Waals surface area contributed by atoms with Crippen LogP contribution in [0, 0.1) is 5.82 Å². The largest absolute Gasteiger partial charge is 0.334 e. The first kappa shape index (κ1) is 11.8. The highest BCUT2D eigenvalue weighted by atomic mass is 79.9. The van der Waals surface area contributed by atoms with Gasteiger partial charge in [-0.1, -0.05) is 21.1 Å². The summed E-state index contributed by atoms with van der Waals surface area (Å²) in [6, 6.07) is 4.45. The molecule has 1 fully saturated rings. The Morgan fingerprint density at radius 2 is 2.11 bits per heavy atom. The molecule has 0 atom stereocenters. The average Bonchev–Trinajstić information content (AvgIpc) is 2.74. The standard InChI is InChI=1S/C12H11BrFN3O/c13-8-4-7(5-9(14)6-8)10-16-11(17-18-10)12(15)2-1-3-12/h4-6H,1-3,15H2. The number of hydrogen-bond donors (Lipinski definition) is 1. The second-order valence-corrected chi connectivity index (χ2v) is 5.51. The molecule has 0 saturated heterocycles. The molecule has 1 heterocycles. The van der Waals surface area contributed by atoms with Crippen LogP contribution in [-0.2, 0) is 5.54 Å². The Labute approximate surface area is 112 Å². The molecule has 2 aromatic rings. The summed E-state index contributed by atoms with van der Waals surface area (Å²) in [5, 5.41) is 3.90. The van der Waals surface area contributed by atoms with Crippen molar-refractivity contribution in [2.75, 3.05) is 0 Å². The van der Waals surface area contributed by atoms with Crippen molar-refractivity contribution in [3.05, 3.63) is 34.3 Å². The van der Waals surface area contributed by atoms with Crippen LogP contribution in [0.25, 0.3) is 11.5 Å². The van der Waals surface area contributed by atoms with Crippen LogP contribution in [0.5, 0.6) is 0 Å². The second-order valence-electron chi connectivity index (χ2n) is 4.59. The van der Waals surface area contributed by atoms with Gasteiger partial charge < -0.3 is 10.3 Å². The number of hydrogen-bond acceptors (Lipinski definition) is 4. The first-order valence-electron chi connectivity index (χ1n) is 5.66. The lowest BCUT2D eigenvalue weighted by Crippen LogP contribution is -2.44. The fourth-order valence-corrected chi connectivity index (χ4v) is 2.47. The van der Waals surface area contributed by atoms with E-state index in [0.717, 1.165) is 19.3 Å². The highest BCUT2D eigenvalue weighted by molar-refractivity contribution is 9.10. The monoisotopic (exact) mass is 311 g/mol. The maximum absolute atomic E-state index is 13.3. The Balaban J connectivity index is 1.97. The van der Waals surface area contributed by atoms with Crippen LogP contribution in [0.2, 0.25) is 0 Å². The van der Waals surface area contributed by atoms with Gasteiger partial charge in [0.05, 0.1) is 5.54 Å². The van der Waals surface area contributed by atoms with E-state index in [1.165, 1.54) is 12.1 Å². The Morgan fingerprint density at radius 3 is 2.72 bits per heavy atom. The van der Waals surface area contributed by atoms with Crippen LogP contribution in [0.4, 0.5) is 4.39 Å². The van der Waals surface area contributed by atoms with E-state index in [9.17, 15) is 4.39 Å². The molecule has 0 aliphatic heterocycles. The summed E-state index contributed by atoms with van der Waals surface area (Å²) in [7, 11) is 0. The van der Waals surface area contributed by atoms with Gasteiger partial charge in [-0.05, 0) is 37.5 Å². The van der Waals surface area contributed by atoms with E-state index in [1.807, 2.05) is 0 Å². The normalized spacial score (nSPS) is 17.5. The number of halogens is 2. The third kappa shape index (κ3) is 1.95. The lowest BCUT2D eigenvalue weighted by Gasteiger charge is -2.34. The highest BCUT2D eigenvalue weighted by Crippen LogP contribution is 2.37. The van der Waals surface area contributed by atoms with Gasteiger partial charge in [0.1, 0.15) is 5.82 Å². The van der Waals surface area contributed by atoms with E-state index in [1.54, 1.807) is 6.07 Å². The van der Waals surface area contributed by atoms with Gasteiger partial charge in [0.15, 0.2) is 5.82 Å². The highest BCUT2D eigenvalue weighted by Gasteiger charge is 2.39. The average molecular weight is 312 g/mol. The first-order valence-corrected chi connectivity index (χ1v) is 6.46. The molecule has 6 heteroatoms. The third-order valence-corrected chi connectivity index (χ3v) is 3.68. The third-order valence-electron chi connectivity index (χ3n) is 3.23. The maximum atomic E-state index is 13.3. The molecular formula is C12H11BrFN3O. The van der Waals surface area contributed by atoms with Gasteiger partial charge in [0.2, 0.25) is 0 Å². The molecule has 1 aromatic carbocycles. The van der Waals surface area contributed by atoms with E-state index < -0.39 is 5.54 Å². The van der Waals surface area contributed by atoms with Crippen LogP contribution < -0.4 is 5.73 Å². The van der Waals surface area contributed by atoms with Crippen molar-refractivity contribution in [2.45, 2.75) is 24.8 Å². The van der Waals surface area contributed by atoms with Gasteiger partial charge in [-0.2, -0.15) is 4.98 Å². The molecule has 0 amide bonds. The minimum atomic E-state index is -0.466. The Kier molecular flexibility index (Phi) is 2.71. The Morgan fingerprint density at radius 1 is 1.33 bits per heavy atom. The van der Waals surface area contributed by atoms with Gasteiger partial charge >= 0.3 is 0 Å². The molecular weight excluding hydrogens is 301 g/mol. The number of aromatic nitrogens is 2. The quantitative estimate of drug-likeness (QED) is 0.926. The predicted molar refractivity (Wildman–Crippen MR) is 67.1 cm³/mol. The zero-order valence-corrected chi connectivity index (χ0v) is 11.1. The molecule has 94 valence electrons. The van der Waals surface area contributed by atoms with Crippen molar-refractivity contribution < 1.29 is 8.91 Å². The molecule has 0 radical (unpaired) electrons. The number of rotatable bonds is 2. The molecule has 0 unspecified atom stereocenters. The second kappa shape index (κ2) is 4.13. The van der Waals surface area contributed by atoms with E-state index in [0.29, 0.717) is 21.8 Å². The summed E-state index contributed by atoms with van der Waals surface area (Å²) in [6.45, 7) is 0. The zero-order valence-electron chi connectivity index (χ0n) is 9.49. The fourth-order valence-electron chi connectivity index (χ4n) is 2.00. The van der Waals surface area contributed by atoms with Gasteiger partial charge in [-0.25, -0.2) is 4.39 Å². The zero-order chi connectivity index (χ0) is 12.8. The fraction of sp³-hybridized carbons (Fsp3) is 0.333. The molecule has 2 N–H and O–H groups in total. The van der Waals surface area contributed by atoms with E-state index in [4.69, 9.17) is 10.3 Å². The van der Waals surface area contributed by atoms with Gasteiger partial charge in [0.25, 0.3) is 5.89 Å². The van der Waals surface area contributed by atoms with E-state index in [-0.39, 0.29) is 5.82 Å². The SMILES string of the molecule is NC1(c2noc(-c3cc(F)cc(Br)c3)n2)CCC1. The van der Waals surface area contributed by atoms with Crippen LogP contribution in [0.15, 0.2) is 27.2 Å². The minimum absolute atomic E-state index is 0.293. The molecule has 0 bridgehead atoms. The molecule has 4 nitrogen and oxygen atoms in total. The van der Waals surface area contributed by atoms with Crippen molar-refractivity contribution in [1.29, 1.82) is 0 Å². The van der Waals surface area contributed by atoms with Gasteiger partial charge in [-0.3, -0.25) is 0 Å². The smallest absolute Gasteiger partial charge is 0.258 e. The number of nitrogens with two attached hydrogens (primary N) is 1. The molecule has 1 aliphatic rings. The van der Waals surface area contributed by atoms with Crippen LogP contribution in [0.3, 0.4) is 0 Å². The molecule has 1 aromatic heterocycles. The van der Waals surface area contributed by atoms with Crippen molar-refractivity contribution in [1.82, 2.24) is 10.1 Å². The minimum Gasteiger partial charge on any atom is -0.334 e. The Bertz CT molecular complexity index is 575. The van der Waals surface area contributed by atoms with E-state index >= 15 is 0 Å². The predicted octanol–water partition coefficient (Wildman–Crippen LogP) is 2.98. The molecule has 18 heavy (non-hydrogen) atoms. The molecule has 1 saturated carbocycles. The van der Waals surface area contributed by atoms with Crippen LogP contribution in [-0.4, -0.2) is 10.1 Å². The first-order chi connectivity index (χ1) is 8.57. The van der Waals surface area contributed by atoms with Crippen molar-refractivity contribution in [3.63, 3.8) is 0 Å². The molecule has 1 aliphatic carbocycles. The van der Waals surface area contributed by atoms with Gasteiger partial charge in [-0.15, -0.1) is 0 Å². The van der Waals surface area contributed by atoms with Crippen molar-refractivity contribution >= 4 is 15.9 Å². The van der Waals surface area contributed by atoms with Crippen LogP contribution >= 0.6 is 15.9 Å².